The zero-order chi connectivity index (χ0) is 15.5. The Kier molecular flexibility index (Phi) is 5.28. The molecule has 1 aromatic rings. The molecule has 21 heavy (non-hydrogen) atoms. The van der Waals surface area contributed by atoms with E-state index in [9.17, 15) is 0 Å². The van der Waals surface area contributed by atoms with Gasteiger partial charge in [-0.3, -0.25) is 4.90 Å². The van der Waals surface area contributed by atoms with E-state index in [1.807, 2.05) is 0 Å². The zero-order valence-electron chi connectivity index (χ0n) is 14.2. The monoisotopic (exact) mass is 290 g/mol. The lowest BCUT2D eigenvalue weighted by atomic mass is 9.85. The Morgan fingerprint density at radius 1 is 1.19 bits per heavy atom. The van der Waals surface area contributed by atoms with Gasteiger partial charge in [-0.25, -0.2) is 0 Å². The molecule has 1 saturated heterocycles. The second-order valence-corrected chi connectivity index (χ2v) is 7.27. The lowest BCUT2D eigenvalue weighted by Crippen LogP contribution is -2.42. The predicted octanol–water partition coefficient (Wildman–Crippen LogP) is 3.18. The van der Waals surface area contributed by atoms with Gasteiger partial charge in [0, 0.05) is 32.7 Å². The van der Waals surface area contributed by atoms with E-state index in [1.165, 1.54) is 11.1 Å². The smallest absolute Gasteiger partial charge is 0.123 e. The quantitative estimate of drug-likeness (QED) is 0.922. The van der Waals surface area contributed by atoms with Crippen molar-refractivity contribution in [2.45, 2.75) is 52.7 Å². The van der Waals surface area contributed by atoms with Crippen molar-refractivity contribution in [3.8, 4) is 5.75 Å². The van der Waals surface area contributed by atoms with Gasteiger partial charge in [0.05, 0.1) is 6.10 Å². The van der Waals surface area contributed by atoms with Gasteiger partial charge in [0.2, 0.25) is 0 Å². The number of nitrogens with zero attached hydrogens (tertiary/aromatic N) is 1. The van der Waals surface area contributed by atoms with Crippen LogP contribution in [0, 0.1) is 0 Å². The molecule has 1 N–H and O–H groups in total. The van der Waals surface area contributed by atoms with Gasteiger partial charge in [-0.2, -0.15) is 0 Å². The molecule has 0 radical (unpaired) electrons. The summed E-state index contributed by atoms with van der Waals surface area (Å²) in [7, 11) is 0. The third kappa shape index (κ3) is 4.72. The maximum absolute atomic E-state index is 5.99. The second-order valence-electron chi connectivity index (χ2n) is 7.27. The van der Waals surface area contributed by atoms with E-state index in [1.54, 1.807) is 0 Å². The zero-order valence-corrected chi connectivity index (χ0v) is 14.2. The molecule has 1 aliphatic rings. The molecule has 0 bridgehead atoms. The number of ether oxygens (including phenoxy) is 1. The third-order valence-electron chi connectivity index (χ3n) is 3.83. The van der Waals surface area contributed by atoms with E-state index < -0.39 is 0 Å². The van der Waals surface area contributed by atoms with Gasteiger partial charge in [0.25, 0.3) is 0 Å². The highest BCUT2D eigenvalue weighted by Gasteiger charge is 2.21. The molecule has 1 heterocycles. The van der Waals surface area contributed by atoms with Crippen LogP contribution in [0.2, 0.25) is 0 Å². The molecule has 0 amide bonds. The molecule has 0 spiro atoms. The van der Waals surface area contributed by atoms with Gasteiger partial charge in [-0.1, -0.05) is 32.9 Å². The van der Waals surface area contributed by atoms with Crippen molar-refractivity contribution in [2.75, 3.05) is 26.2 Å². The number of piperazine rings is 1. The van der Waals surface area contributed by atoms with Crippen LogP contribution in [0.25, 0.3) is 0 Å². The number of rotatable bonds is 4. The average Bonchev–Trinajstić information content (AvgIpc) is 2.40. The maximum Gasteiger partial charge on any atom is 0.123 e. The minimum atomic E-state index is 0.101. The van der Waals surface area contributed by atoms with Gasteiger partial charge in [0.15, 0.2) is 0 Å². The molecule has 3 heteroatoms. The van der Waals surface area contributed by atoms with Gasteiger partial charge in [-0.15, -0.1) is 0 Å². The summed E-state index contributed by atoms with van der Waals surface area (Å²) >= 11 is 0. The maximum atomic E-state index is 5.99. The van der Waals surface area contributed by atoms with E-state index in [0.29, 0.717) is 0 Å². The number of hydrogen-bond donors (Lipinski definition) is 1. The van der Waals surface area contributed by atoms with Crippen molar-refractivity contribution < 1.29 is 4.74 Å². The minimum Gasteiger partial charge on any atom is -0.491 e. The van der Waals surface area contributed by atoms with Crippen LogP contribution in [0.4, 0.5) is 0 Å². The van der Waals surface area contributed by atoms with Crippen molar-refractivity contribution >= 4 is 0 Å². The van der Waals surface area contributed by atoms with Crippen molar-refractivity contribution in [3.63, 3.8) is 0 Å². The van der Waals surface area contributed by atoms with Crippen LogP contribution in [-0.2, 0) is 12.0 Å². The molecular weight excluding hydrogens is 260 g/mol. The molecule has 0 atom stereocenters. The van der Waals surface area contributed by atoms with Crippen molar-refractivity contribution in [1.82, 2.24) is 10.2 Å². The molecule has 1 aromatic carbocycles. The molecule has 1 aliphatic heterocycles. The molecule has 0 unspecified atom stereocenters. The molecule has 0 aliphatic carbocycles. The van der Waals surface area contributed by atoms with Gasteiger partial charge < -0.3 is 10.1 Å². The first-order valence-corrected chi connectivity index (χ1v) is 8.09. The molecule has 0 saturated carbocycles. The Bertz CT molecular complexity index is 457. The fourth-order valence-corrected chi connectivity index (χ4v) is 2.75. The second kappa shape index (κ2) is 6.80. The highest BCUT2D eigenvalue weighted by Crippen LogP contribution is 2.33. The van der Waals surface area contributed by atoms with Gasteiger partial charge in [0.1, 0.15) is 5.75 Å². The lowest BCUT2D eigenvalue weighted by molar-refractivity contribution is 0.230. The Morgan fingerprint density at radius 2 is 1.86 bits per heavy atom. The molecule has 2 rings (SSSR count). The Labute approximate surface area is 129 Å². The fraction of sp³-hybridized carbons (Fsp3) is 0.667. The van der Waals surface area contributed by atoms with Crippen LogP contribution in [-0.4, -0.2) is 37.2 Å². The first-order valence-electron chi connectivity index (χ1n) is 8.09. The predicted molar refractivity (Wildman–Crippen MR) is 89.1 cm³/mol. The van der Waals surface area contributed by atoms with Crippen LogP contribution in [0.1, 0.15) is 45.7 Å². The van der Waals surface area contributed by atoms with Crippen LogP contribution in [0.3, 0.4) is 0 Å². The van der Waals surface area contributed by atoms with Crippen LogP contribution >= 0.6 is 0 Å². The van der Waals surface area contributed by atoms with Crippen molar-refractivity contribution in [3.05, 3.63) is 29.3 Å². The Hall–Kier alpha value is -1.06. The fourth-order valence-electron chi connectivity index (χ4n) is 2.75. The highest BCUT2D eigenvalue weighted by atomic mass is 16.5. The topological polar surface area (TPSA) is 24.5 Å². The Morgan fingerprint density at radius 3 is 2.43 bits per heavy atom. The number of benzene rings is 1. The van der Waals surface area contributed by atoms with Crippen LogP contribution < -0.4 is 10.1 Å². The molecule has 1 fully saturated rings. The molecule has 0 aromatic heterocycles. The average molecular weight is 290 g/mol. The van der Waals surface area contributed by atoms with Crippen LogP contribution in [0.5, 0.6) is 5.75 Å². The number of hydrogen-bond acceptors (Lipinski definition) is 3. The SMILES string of the molecule is CC(C)Oc1ccc(CN2CCNCC2)cc1C(C)(C)C. The van der Waals surface area contributed by atoms with E-state index in [2.05, 4.69) is 63.0 Å². The standard InChI is InChI=1S/C18H30N2O/c1-14(2)21-17-7-6-15(12-16(17)18(3,4)5)13-20-10-8-19-9-11-20/h6-7,12,14,19H,8-11,13H2,1-5H3. The molecule has 118 valence electrons. The summed E-state index contributed by atoms with van der Waals surface area (Å²) in [5, 5.41) is 3.41. The normalized spacial score (nSPS) is 17.2. The van der Waals surface area contributed by atoms with Crippen LogP contribution in [0.15, 0.2) is 18.2 Å². The largest absolute Gasteiger partial charge is 0.491 e. The summed E-state index contributed by atoms with van der Waals surface area (Å²) in [5.41, 5.74) is 2.80. The van der Waals surface area contributed by atoms with E-state index in [0.717, 1.165) is 38.5 Å². The van der Waals surface area contributed by atoms with Gasteiger partial charge in [-0.05, 0) is 36.5 Å². The first kappa shape index (κ1) is 16.3. The van der Waals surface area contributed by atoms with Gasteiger partial charge >= 0.3 is 0 Å². The van der Waals surface area contributed by atoms with Crippen molar-refractivity contribution in [1.29, 1.82) is 0 Å². The number of nitrogens with one attached hydrogen (secondary N) is 1. The summed E-state index contributed by atoms with van der Waals surface area (Å²) < 4.78 is 5.99. The highest BCUT2D eigenvalue weighted by molar-refractivity contribution is 5.41. The lowest BCUT2D eigenvalue weighted by Gasteiger charge is -2.29. The van der Waals surface area contributed by atoms with E-state index >= 15 is 0 Å². The summed E-state index contributed by atoms with van der Waals surface area (Å²) in [6.07, 6.45) is 0.213. The van der Waals surface area contributed by atoms with Crippen molar-refractivity contribution in [2.24, 2.45) is 0 Å². The molecule has 3 nitrogen and oxygen atoms in total. The summed E-state index contributed by atoms with van der Waals surface area (Å²) in [4.78, 5) is 2.52. The Balaban J connectivity index is 2.19. The molecular formula is C18H30N2O. The summed E-state index contributed by atoms with van der Waals surface area (Å²) in [6, 6.07) is 6.70. The van der Waals surface area contributed by atoms with E-state index in [4.69, 9.17) is 4.74 Å². The van der Waals surface area contributed by atoms with E-state index in [-0.39, 0.29) is 11.5 Å². The summed E-state index contributed by atoms with van der Waals surface area (Å²) in [5.74, 6) is 1.03. The summed E-state index contributed by atoms with van der Waals surface area (Å²) in [6.45, 7) is 16.4. The first-order chi connectivity index (χ1) is 9.86. The minimum absolute atomic E-state index is 0.101. The third-order valence-corrected chi connectivity index (χ3v) is 3.83.